The van der Waals surface area contributed by atoms with Gasteiger partial charge in [0, 0.05) is 19.2 Å². The highest BCUT2D eigenvalue weighted by atomic mass is 16.2. The van der Waals surface area contributed by atoms with Crippen molar-refractivity contribution in [2.45, 2.75) is 46.6 Å². The predicted molar refractivity (Wildman–Crippen MR) is 64.9 cm³/mol. The van der Waals surface area contributed by atoms with Gasteiger partial charge in [0.1, 0.15) is 0 Å². The van der Waals surface area contributed by atoms with Crippen LogP contribution in [0.2, 0.25) is 0 Å². The van der Waals surface area contributed by atoms with Gasteiger partial charge in [0.25, 0.3) is 0 Å². The molecule has 0 unspecified atom stereocenters. The van der Waals surface area contributed by atoms with E-state index in [4.69, 9.17) is 10.8 Å². The van der Waals surface area contributed by atoms with Crippen LogP contribution in [0.15, 0.2) is 4.99 Å². The van der Waals surface area contributed by atoms with Gasteiger partial charge in [-0.05, 0) is 32.1 Å². The second-order valence-corrected chi connectivity index (χ2v) is 4.99. The first-order chi connectivity index (χ1) is 6.87. The Morgan fingerprint density at radius 2 is 2.07 bits per heavy atom. The first-order valence-corrected chi connectivity index (χ1v) is 5.55. The first kappa shape index (κ1) is 14.2. The van der Waals surface area contributed by atoms with Gasteiger partial charge in [0.2, 0.25) is 0 Å². The van der Waals surface area contributed by atoms with E-state index in [0.29, 0.717) is 18.5 Å². The summed E-state index contributed by atoms with van der Waals surface area (Å²) in [6.45, 7) is 9.26. The Hall–Kier alpha value is -0.770. The lowest BCUT2D eigenvalue weighted by Gasteiger charge is -2.22. The number of nitrogens with zero attached hydrogens (tertiary/aromatic N) is 1. The summed E-state index contributed by atoms with van der Waals surface area (Å²) in [5.74, 6) is 0.502. The molecule has 4 nitrogen and oxygen atoms in total. The Labute approximate surface area is 93.0 Å². The van der Waals surface area contributed by atoms with E-state index in [1.54, 1.807) is 0 Å². The summed E-state index contributed by atoms with van der Waals surface area (Å²) < 4.78 is 0. The number of nitrogens with two attached hydrogens (primary N) is 1. The van der Waals surface area contributed by atoms with Crippen molar-refractivity contribution < 1.29 is 5.11 Å². The van der Waals surface area contributed by atoms with E-state index >= 15 is 0 Å². The van der Waals surface area contributed by atoms with Crippen molar-refractivity contribution in [3.8, 4) is 0 Å². The molecule has 0 aliphatic heterocycles. The number of aliphatic imine (C=N–C) groups is 1. The Kier molecular flexibility index (Phi) is 6.32. The molecule has 0 saturated heterocycles. The van der Waals surface area contributed by atoms with Gasteiger partial charge in [0.15, 0.2) is 5.96 Å². The van der Waals surface area contributed by atoms with Gasteiger partial charge in [-0.25, -0.2) is 0 Å². The first-order valence-electron chi connectivity index (χ1n) is 5.55. The average molecular weight is 215 g/mol. The zero-order chi connectivity index (χ0) is 11.9. The molecular formula is C11H25N3O. The molecule has 0 heterocycles. The average Bonchev–Trinajstić information content (AvgIpc) is 2.11. The molecule has 0 radical (unpaired) electrons. The molecule has 0 fully saturated rings. The minimum Gasteiger partial charge on any atom is -0.396 e. The van der Waals surface area contributed by atoms with Crippen molar-refractivity contribution in [1.29, 1.82) is 0 Å². The third kappa shape index (κ3) is 8.24. The van der Waals surface area contributed by atoms with Gasteiger partial charge < -0.3 is 16.2 Å². The summed E-state index contributed by atoms with van der Waals surface area (Å²) in [6, 6.07) is 0.314. The maximum absolute atomic E-state index is 8.75. The molecular weight excluding hydrogens is 190 g/mol. The quantitative estimate of drug-likeness (QED) is 0.459. The van der Waals surface area contributed by atoms with Crippen LogP contribution in [-0.4, -0.2) is 30.3 Å². The highest BCUT2D eigenvalue weighted by molar-refractivity contribution is 5.78. The minimum absolute atomic E-state index is 0.103. The zero-order valence-corrected chi connectivity index (χ0v) is 10.4. The minimum atomic E-state index is 0.103. The fourth-order valence-electron chi connectivity index (χ4n) is 1.28. The van der Waals surface area contributed by atoms with Gasteiger partial charge in [-0.3, -0.25) is 4.99 Å². The van der Waals surface area contributed by atoms with Crippen LogP contribution >= 0.6 is 0 Å². The van der Waals surface area contributed by atoms with E-state index in [2.05, 4.69) is 24.2 Å². The van der Waals surface area contributed by atoms with Crippen molar-refractivity contribution in [2.75, 3.05) is 13.2 Å². The summed E-state index contributed by atoms with van der Waals surface area (Å²) in [5, 5.41) is 11.8. The second-order valence-electron chi connectivity index (χ2n) is 4.99. The van der Waals surface area contributed by atoms with Crippen molar-refractivity contribution in [3.63, 3.8) is 0 Å². The number of aliphatic hydroxyl groups is 1. The molecule has 90 valence electrons. The number of rotatable bonds is 6. The lowest BCUT2D eigenvalue weighted by Crippen LogP contribution is -2.37. The van der Waals surface area contributed by atoms with Crippen LogP contribution in [0.25, 0.3) is 0 Å². The van der Waals surface area contributed by atoms with Gasteiger partial charge in [0.05, 0.1) is 0 Å². The number of hydrogen-bond acceptors (Lipinski definition) is 2. The molecule has 4 N–H and O–H groups in total. The fraction of sp³-hybridized carbons (Fsp3) is 0.909. The summed E-state index contributed by atoms with van der Waals surface area (Å²) in [4.78, 5) is 4.29. The lowest BCUT2D eigenvalue weighted by molar-refractivity contribution is 0.245. The molecule has 0 atom stereocenters. The van der Waals surface area contributed by atoms with Crippen LogP contribution in [0.4, 0.5) is 0 Å². The molecule has 0 spiro atoms. The van der Waals surface area contributed by atoms with Crippen LogP contribution in [0.1, 0.15) is 40.5 Å². The van der Waals surface area contributed by atoms with E-state index in [1.165, 1.54) is 0 Å². The molecule has 4 heteroatoms. The summed E-state index contributed by atoms with van der Waals surface area (Å²) in [7, 11) is 0. The van der Waals surface area contributed by atoms with E-state index in [0.717, 1.165) is 12.8 Å². The van der Waals surface area contributed by atoms with Gasteiger partial charge in [-0.2, -0.15) is 0 Å². The standard InChI is InChI=1S/C11H25N3O/c1-9(2)14-10(12)13-8-11(3,4)6-5-7-15/h9,15H,5-8H2,1-4H3,(H3,12,13,14). The van der Waals surface area contributed by atoms with E-state index in [9.17, 15) is 0 Å². The number of aliphatic hydroxyl groups excluding tert-OH is 1. The van der Waals surface area contributed by atoms with E-state index in [1.807, 2.05) is 13.8 Å². The lowest BCUT2D eigenvalue weighted by atomic mass is 9.88. The van der Waals surface area contributed by atoms with Crippen LogP contribution in [0.3, 0.4) is 0 Å². The third-order valence-electron chi connectivity index (χ3n) is 2.13. The molecule has 0 saturated carbocycles. The Morgan fingerprint density at radius 3 is 2.53 bits per heavy atom. The van der Waals surface area contributed by atoms with Crippen LogP contribution in [-0.2, 0) is 0 Å². The van der Waals surface area contributed by atoms with Crippen molar-refractivity contribution in [2.24, 2.45) is 16.1 Å². The van der Waals surface area contributed by atoms with E-state index < -0.39 is 0 Å². The largest absolute Gasteiger partial charge is 0.396 e. The number of hydrogen-bond donors (Lipinski definition) is 3. The molecule has 15 heavy (non-hydrogen) atoms. The van der Waals surface area contributed by atoms with Crippen molar-refractivity contribution in [3.05, 3.63) is 0 Å². The SMILES string of the molecule is CC(C)NC(N)=NCC(C)(C)CCCO. The van der Waals surface area contributed by atoms with Crippen molar-refractivity contribution in [1.82, 2.24) is 5.32 Å². The highest BCUT2D eigenvalue weighted by Gasteiger charge is 2.16. The molecule has 0 aliphatic carbocycles. The smallest absolute Gasteiger partial charge is 0.188 e. The second kappa shape index (κ2) is 6.67. The summed E-state index contributed by atoms with van der Waals surface area (Å²) in [5.41, 5.74) is 5.80. The van der Waals surface area contributed by atoms with Crippen LogP contribution < -0.4 is 11.1 Å². The normalized spacial score (nSPS) is 13.3. The maximum atomic E-state index is 8.75. The fourth-order valence-corrected chi connectivity index (χ4v) is 1.28. The summed E-state index contributed by atoms with van der Waals surface area (Å²) in [6.07, 6.45) is 1.78. The molecule has 0 bridgehead atoms. The monoisotopic (exact) mass is 215 g/mol. The van der Waals surface area contributed by atoms with Crippen LogP contribution in [0.5, 0.6) is 0 Å². The summed E-state index contributed by atoms with van der Waals surface area (Å²) >= 11 is 0. The van der Waals surface area contributed by atoms with Gasteiger partial charge in [-0.1, -0.05) is 13.8 Å². The molecule has 0 amide bonds. The predicted octanol–water partition coefficient (Wildman–Crippen LogP) is 1.10. The number of nitrogens with one attached hydrogen (secondary N) is 1. The molecule has 0 aromatic rings. The zero-order valence-electron chi connectivity index (χ0n) is 10.4. The number of guanidine groups is 1. The van der Waals surface area contributed by atoms with Gasteiger partial charge in [-0.15, -0.1) is 0 Å². The topological polar surface area (TPSA) is 70.6 Å². The Morgan fingerprint density at radius 1 is 1.47 bits per heavy atom. The molecule has 0 rings (SSSR count). The molecule has 0 aromatic carbocycles. The third-order valence-corrected chi connectivity index (χ3v) is 2.13. The van der Waals surface area contributed by atoms with Crippen molar-refractivity contribution >= 4 is 5.96 Å². The molecule has 0 aliphatic rings. The van der Waals surface area contributed by atoms with Crippen LogP contribution in [0, 0.1) is 5.41 Å². The Balaban J connectivity index is 3.99. The van der Waals surface area contributed by atoms with E-state index in [-0.39, 0.29) is 12.0 Å². The maximum Gasteiger partial charge on any atom is 0.188 e. The highest BCUT2D eigenvalue weighted by Crippen LogP contribution is 2.22. The van der Waals surface area contributed by atoms with Gasteiger partial charge >= 0.3 is 0 Å². The Bertz CT molecular complexity index is 200. The molecule has 0 aromatic heterocycles.